The van der Waals surface area contributed by atoms with E-state index in [4.69, 9.17) is 14.2 Å². The highest BCUT2D eigenvalue weighted by molar-refractivity contribution is 5.80. The smallest absolute Gasteiger partial charge is 0.193 e. The van der Waals surface area contributed by atoms with Crippen molar-refractivity contribution in [1.29, 1.82) is 0 Å². The molecule has 7 heteroatoms. The summed E-state index contributed by atoms with van der Waals surface area (Å²) in [7, 11) is 3.67. The molecule has 0 saturated carbocycles. The van der Waals surface area contributed by atoms with E-state index < -0.39 is 0 Å². The first-order chi connectivity index (χ1) is 11.8. The van der Waals surface area contributed by atoms with Gasteiger partial charge in [-0.2, -0.15) is 0 Å². The molecule has 0 aromatic carbocycles. The normalized spacial score (nSPS) is 29.0. The second kappa shape index (κ2) is 8.47. The standard InChI is InChI=1S/C17H32N4O3/c1-18-16(19-14-17(22-2)4-9-23-10-5-17)21-6-3-15(13-21)20-7-11-24-12-8-20/h15H,3-14H2,1-2H3,(H,18,19). The van der Waals surface area contributed by atoms with E-state index in [0.29, 0.717) is 6.04 Å². The van der Waals surface area contributed by atoms with Gasteiger partial charge in [0.05, 0.1) is 18.8 Å². The monoisotopic (exact) mass is 340 g/mol. The van der Waals surface area contributed by atoms with Crippen LogP contribution < -0.4 is 5.32 Å². The predicted octanol–water partition coefficient (Wildman–Crippen LogP) is 0.164. The number of nitrogens with zero attached hydrogens (tertiary/aromatic N) is 3. The van der Waals surface area contributed by atoms with E-state index in [9.17, 15) is 0 Å². The van der Waals surface area contributed by atoms with E-state index in [-0.39, 0.29) is 5.60 Å². The summed E-state index contributed by atoms with van der Waals surface area (Å²) in [5.41, 5.74) is -0.127. The van der Waals surface area contributed by atoms with E-state index in [1.165, 1.54) is 6.42 Å². The summed E-state index contributed by atoms with van der Waals surface area (Å²) in [4.78, 5) is 9.44. The molecule has 7 nitrogen and oxygen atoms in total. The van der Waals surface area contributed by atoms with Crippen molar-refractivity contribution in [3.63, 3.8) is 0 Å². The fraction of sp³-hybridized carbons (Fsp3) is 0.941. The Morgan fingerprint density at radius 3 is 2.54 bits per heavy atom. The molecular formula is C17H32N4O3. The maximum atomic E-state index is 5.81. The summed E-state index contributed by atoms with van der Waals surface area (Å²) >= 11 is 0. The first kappa shape index (κ1) is 17.9. The lowest BCUT2D eigenvalue weighted by molar-refractivity contribution is -0.0857. The highest BCUT2D eigenvalue weighted by Crippen LogP contribution is 2.24. The van der Waals surface area contributed by atoms with Gasteiger partial charge in [-0.1, -0.05) is 0 Å². The second-order valence-electron chi connectivity index (χ2n) is 6.94. The molecule has 0 radical (unpaired) electrons. The molecule has 1 N–H and O–H groups in total. The number of nitrogens with one attached hydrogen (secondary N) is 1. The summed E-state index contributed by atoms with van der Waals surface area (Å²) in [6, 6.07) is 0.618. The van der Waals surface area contributed by atoms with Crippen molar-refractivity contribution >= 4 is 5.96 Å². The van der Waals surface area contributed by atoms with Crippen LogP contribution in [0.1, 0.15) is 19.3 Å². The molecule has 0 amide bonds. The van der Waals surface area contributed by atoms with Gasteiger partial charge in [-0.3, -0.25) is 9.89 Å². The van der Waals surface area contributed by atoms with Crippen LogP contribution in [0.15, 0.2) is 4.99 Å². The van der Waals surface area contributed by atoms with Gasteiger partial charge in [0.15, 0.2) is 5.96 Å². The summed E-state index contributed by atoms with van der Waals surface area (Å²) in [5, 5.41) is 3.55. The van der Waals surface area contributed by atoms with Crippen molar-refractivity contribution in [1.82, 2.24) is 15.1 Å². The number of rotatable bonds is 4. The van der Waals surface area contributed by atoms with Crippen LogP contribution in [0.2, 0.25) is 0 Å². The highest BCUT2D eigenvalue weighted by Gasteiger charge is 2.34. The largest absolute Gasteiger partial charge is 0.381 e. The van der Waals surface area contributed by atoms with Gasteiger partial charge in [-0.05, 0) is 6.42 Å². The third-order valence-corrected chi connectivity index (χ3v) is 5.64. The topological polar surface area (TPSA) is 58.6 Å². The summed E-state index contributed by atoms with van der Waals surface area (Å²) < 4.78 is 16.8. The van der Waals surface area contributed by atoms with Crippen molar-refractivity contribution in [2.45, 2.75) is 30.9 Å². The Morgan fingerprint density at radius 1 is 1.17 bits per heavy atom. The van der Waals surface area contributed by atoms with Gasteiger partial charge in [0.25, 0.3) is 0 Å². The third-order valence-electron chi connectivity index (χ3n) is 5.64. The lowest BCUT2D eigenvalue weighted by Gasteiger charge is -2.37. The molecule has 0 aromatic rings. The second-order valence-corrected chi connectivity index (χ2v) is 6.94. The van der Waals surface area contributed by atoms with Crippen molar-refractivity contribution in [3.05, 3.63) is 0 Å². The van der Waals surface area contributed by atoms with Gasteiger partial charge in [-0.25, -0.2) is 0 Å². The van der Waals surface area contributed by atoms with Gasteiger partial charge in [0, 0.05) is 79.0 Å². The van der Waals surface area contributed by atoms with Crippen LogP contribution in [-0.2, 0) is 14.2 Å². The zero-order valence-electron chi connectivity index (χ0n) is 15.1. The molecular weight excluding hydrogens is 308 g/mol. The summed E-state index contributed by atoms with van der Waals surface area (Å²) in [6.07, 6.45) is 3.07. The van der Waals surface area contributed by atoms with E-state index in [0.717, 1.165) is 78.0 Å². The van der Waals surface area contributed by atoms with E-state index >= 15 is 0 Å². The number of guanidine groups is 1. The molecule has 1 unspecified atom stereocenters. The molecule has 0 bridgehead atoms. The van der Waals surface area contributed by atoms with Crippen molar-refractivity contribution in [2.24, 2.45) is 4.99 Å². The maximum Gasteiger partial charge on any atom is 0.193 e. The lowest BCUT2D eigenvalue weighted by atomic mass is 9.94. The SMILES string of the molecule is CN=C(NCC1(OC)CCOCC1)N1CCC(N2CCOCC2)C1. The number of aliphatic imine (C=N–C) groups is 1. The third kappa shape index (κ3) is 4.20. The van der Waals surface area contributed by atoms with Crippen LogP contribution in [-0.4, -0.2) is 101 Å². The fourth-order valence-corrected chi connectivity index (χ4v) is 3.94. The maximum absolute atomic E-state index is 5.81. The molecule has 3 rings (SSSR count). The Labute approximate surface area is 145 Å². The first-order valence-corrected chi connectivity index (χ1v) is 9.17. The molecule has 138 valence electrons. The molecule has 3 heterocycles. The van der Waals surface area contributed by atoms with Crippen LogP contribution in [0.5, 0.6) is 0 Å². The molecule has 0 spiro atoms. The minimum atomic E-state index is -0.127. The lowest BCUT2D eigenvalue weighted by Crippen LogP contribution is -2.52. The molecule has 0 aliphatic carbocycles. The van der Waals surface area contributed by atoms with E-state index in [1.54, 1.807) is 7.11 Å². The molecule has 3 fully saturated rings. The van der Waals surface area contributed by atoms with E-state index in [1.807, 2.05) is 7.05 Å². The number of morpholine rings is 1. The highest BCUT2D eigenvalue weighted by atomic mass is 16.5. The fourth-order valence-electron chi connectivity index (χ4n) is 3.94. The van der Waals surface area contributed by atoms with Crippen molar-refractivity contribution in [3.8, 4) is 0 Å². The Bertz CT molecular complexity index is 420. The Morgan fingerprint density at radius 2 is 1.88 bits per heavy atom. The van der Waals surface area contributed by atoms with Gasteiger partial charge >= 0.3 is 0 Å². The Hall–Kier alpha value is -0.890. The number of ether oxygens (including phenoxy) is 3. The molecule has 24 heavy (non-hydrogen) atoms. The van der Waals surface area contributed by atoms with E-state index in [2.05, 4.69) is 20.1 Å². The average Bonchev–Trinajstić information content (AvgIpc) is 3.14. The zero-order valence-corrected chi connectivity index (χ0v) is 15.1. The number of hydrogen-bond donors (Lipinski definition) is 1. The molecule has 0 aromatic heterocycles. The molecule has 3 aliphatic heterocycles. The first-order valence-electron chi connectivity index (χ1n) is 9.17. The van der Waals surface area contributed by atoms with Crippen LogP contribution in [0, 0.1) is 0 Å². The Kier molecular flexibility index (Phi) is 6.32. The minimum Gasteiger partial charge on any atom is -0.381 e. The summed E-state index contributed by atoms with van der Waals surface area (Å²) in [6.45, 7) is 8.28. The van der Waals surface area contributed by atoms with Crippen LogP contribution in [0.4, 0.5) is 0 Å². The van der Waals surface area contributed by atoms with Gasteiger partial charge in [0.1, 0.15) is 0 Å². The van der Waals surface area contributed by atoms with Crippen molar-refractivity contribution in [2.75, 3.05) is 73.3 Å². The van der Waals surface area contributed by atoms with Crippen LogP contribution >= 0.6 is 0 Å². The number of methoxy groups -OCH3 is 1. The summed E-state index contributed by atoms with van der Waals surface area (Å²) in [5.74, 6) is 0.994. The average molecular weight is 340 g/mol. The van der Waals surface area contributed by atoms with Crippen LogP contribution in [0.25, 0.3) is 0 Å². The molecule has 3 saturated heterocycles. The van der Waals surface area contributed by atoms with Crippen LogP contribution in [0.3, 0.4) is 0 Å². The molecule has 1 atom stereocenters. The van der Waals surface area contributed by atoms with Crippen molar-refractivity contribution < 1.29 is 14.2 Å². The minimum absolute atomic E-state index is 0.127. The Balaban J connectivity index is 1.51. The van der Waals surface area contributed by atoms with Gasteiger partial charge in [-0.15, -0.1) is 0 Å². The predicted molar refractivity (Wildman–Crippen MR) is 93.5 cm³/mol. The number of hydrogen-bond acceptors (Lipinski definition) is 5. The van der Waals surface area contributed by atoms with Gasteiger partial charge < -0.3 is 24.4 Å². The quantitative estimate of drug-likeness (QED) is 0.581. The zero-order chi connectivity index (χ0) is 16.8. The molecule has 3 aliphatic rings. The van der Waals surface area contributed by atoms with Gasteiger partial charge in [0.2, 0.25) is 0 Å². The number of likely N-dealkylation sites (tertiary alicyclic amines) is 1.